The van der Waals surface area contributed by atoms with Gasteiger partial charge in [0.2, 0.25) is 0 Å². The summed E-state index contributed by atoms with van der Waals surface area (Å²) in [5.41, 5.74) is 5.47. The minimum atomic E-state index is -0.493. The maximum atomic E-state index is 11.6. The molecule has 2 N–H and O–H groups in total. The molecule has 0 saturated heterocycles. The first-order chi connectivity index (χ1) is 16.2. The molecule has 2 aliphatic rings. The summed E-state index contributed by atoms with van der Waals surface area (Å²) in [6, 6.07) is 14.6. The summed E-state index contributed by atoms with van der Waals surface area (Å²) in [6.07, 6.45) is 6.52. The number of nitrogens with zero attached hydrogens (tertiary/aromatic N) is 3. The van der Waals surface area contributed by atoms with Crippen molar-refractivity contribution >= 4 is 17.6 Å². The number of alkyl carbamates (subject to hydrolysis) is 1. The lowest BCUT2D eigenvalue weighted by Gasteiger charge is -2.20. The van der Waals surface area contributed by atoms with E-state index in [0.29, 0.717) is 19.0 Å². The molecule has 1 amide bonds. The second-order valence-electron chi connectivity index (χ2n) is 7.93. The Bertz CT molecular complexity index is 1200. The molecule has 168 valence electrons. The number of amides is 1. The Morgan fingerprint density at radius 2 is 2.03 bits per heavy atom. The molecule has 0 bridgehead atoms. The highest BCUT2D eigenvalue weighted by atomic mass is 16.5. The van der Waals surface area contributed by atoms with Crippen LogP contribution in [0.3, 0.4) is 0 Å². The molecule has 2 aromatic carbocycles. The zero-order chi connectivity index (χ0) is 22.6. The largest absolute Gasteiger partial charge is 0.491 e. The van der Waals surface area contributed by atoms with Crippen LogP contribution in [0, 0.1) is 0 Å². The molecule has 0 atom stereocenters. The summed E-state index contributed by atoms with van der Waals surface area (Å²) in [5, 5.41) is 6.07. The van der Waals surface area contributed by atoms with Gasteiger partial charge in [-0.15, -0.1) is 0 Å². The van der Waals surface area contributed by atoms with Crippen molar-refractivity contribution in [1.82, 2.24) is 15.3 Å². The van der Waals surface area contributed by atoms with Crippen LogP contribution < -0.4 is 20.3 Å². The number of hydrogen-bond acceptors (Lipinski definition) is 7. The van der Waals surface area contributed by atoms with Crippen LogP contribution in [0.2, 0.25) is 0 Å². The van der Waals surface area contributed by atoms with Gasteiger partial charge in [0.15, 0.2) is 0 Å². The number of nitrogens with one attached hydrogen (secondary N) is 2. The van der Waals surface area contributed by atoms with Crippen LogP contribution in [-0.4, -0.2) is 36.3 Å². The van der Waals surface area contributed by atoms with Crippen molar-refractivity contribution in [3.63, 3.8) is 0 Å². The van der Waals surface area contributed by atoms with E-state index in [2.05, 4.69) is 55.8 Å². The standard InChI is InChI=1S/C25H25N5O3/c1-32-25(31)29-23-4-2-3-17-5-6-19(14-21(17)28-23)18-7-8-22-20(13-18)15-30(11-12-33-22)24-9-10-26-16-27-24/h4-10,13-14,16,28H,2-3,11-12,15H2,1H3,(H,29,31). The first-order valence-corrected chi connectivity index (χ1v) is 10.9. The Morgan fingerprint density at radius 1 is 1.15 bits per heavy atom. The molecular weight excluding hydrogens is 418 g/mol. The number of benzene rings is 2. The van der Waals surface area contributed by atoms with Gasteiger partial charge in [-0.05, 0) is 59.9 Å². The van der Waals surface area contributed by atoms with E-state index in [1.807, 2.05) is 18.2 Å². The maximum absolute atomic E-state index is 11.6. The number of anilines is 2. The average molecular weight is 444 g/mol. The van der Waals surface area contributed by atoms with Crippen LogP contribution >= 0.6 is 0 Å². The van der Waals surface area contributed by atoms with Crippen LogP contribution in [0.4, 0.5) is 16.3 Å². The van der Waals surface area contributed by atoms with Crippen LogP contribution in [0.1, 0.15) is 17.5 Å². The number of carbonyl (C=O) groups excluding carboxylic acids is 1. The van der Waals surface area contributed by atoms with E-state index in [1.165, 1.54) is 12.7 Å². The number of rotatable bonds is 3. The highest BCUT2D eigenvalue weighted by molar-refractivity contribution is 5.75. The van der Waals surface area contributed by atoms with Crippen molar-refractivity contribution in [2.75, 3.05) is 30.5 Å². The van der Waals surface area contributed by atoms with Gasteiger partial charge >= 0.3 is 6.09 Å². The molecule has 3 heterocycles. The minimum Gasteiger partial charge on any atom is -0.491 e. The van der Waals surface area contributed by atoms with Gasteiger partial charge in [-0.1, -0.05) is 18.2 Å². The van der Waals surface area contributed by atoms with Crippen LogP contribution in [0.15, 0.2) is 66.9 Å². The fraction of sp³-hybridized carbons (Fsp3) is 0.240. The van der Waals surface area contributed by atoms with Crippen LogP contribution in [0.5, 0.6) is 5.75 Å². The molecule has 5 rings (SSSR count). The molecule has 8 heteroatoms. The van der Waals surface area contributed by atoms with Crippen LogP contribution in [0.25, 0.3) is 11.1 Å². The molecule has 0 aliphatic carbocycles. The number of allylic oxidation sites excluding steroid dienone is 1. The van der Waals surface area contributed by atoms with Gasteiger partial charge in [0.05, 0.1) is 13.7 Å². The Hall–Kier alpha value is -4.07. The van der Waals surface area contributed by atoms with Crippen molar-refractivity contribution in [2.24, 2.45) is 0 Å². The predicted molar refractivity (Wildman–Crippen MR) is 126 cm³/mol. The summed E-state index contributed by atoms with van der Waals surface area (Å²) in [5.74, 6) is 2.42. The van der Waals surface area contributed by atoms with Gasteiger partial charge in [0, 0.05) is 24.0 Å². The summed E-state index contributed by atoms with van der Waals surface area (Å²) < 4.78 is 10.7. The normalized spacial score (nSPS) is 14.9. The molecule has 0 unspecified atom stereocenters. The van der Waals surface area contributed by atoms with Gasteiger partial charge in [-0.25, -0.2) is 14.8 Å². The third-order valence-corrected chi connectivity index (χ3v) is 5.83. The van der Waals surface area contributed by atoms with Crippen molar-refractivity contribution in [1.29, 1.82) is 0 Å². The van der Waals surface area contributed by atoms with Gasteiger partial charge < -0.3 is 19.7 Å². The Labute approximate surface area is 192 Å². The third-order valence-electron chi connectivity index (χ3n) is 5.83. The third kappa shape index (κ3) is 4.59. The fourth-order valence-corrected chi connectivity index (χ4v) is 4.14. The average Bonchev–Trinajstić information content (AvgIpc) is 3.19. The molecule has 33 heavy (non-hydrogen) atoms. The van der Waals surface area contributed by atoms with Gasteiger partial charge in [0.25, 0.3) is 0 Å². The molecule has 8 nitrogen and oxygen atoms in total. The molecular formula is C25H25N5O3. The number of aryl methyl sites for hydroxylation is 1. The summed E-state index contributed by atoms with van der Waals surface area (Å²) in [4.78, 5) is 22.3. The number of carbonyl (C=O) groups is 1. The zero-order valence-electron chi connectivity index (χ0n) is 18.4. The number of methoxy groups -OCH3 is 1. The van der Waals surface area contributed by atoms with E-state index >= 15 is 0 Å². The Kier molecular flexibility index (Phi) is 5.80. The van der Waals surface area contributed by atoms with Gasteiger partial charge in [0.1, 0.15) is 30.3 Å². The molecule has 0 spiro atoms. The predicted octanol–water partition coefficient (Wildman–Crippen LogP) is 4.10. The van der Waals surface area contributed by atoms with E-state index in [0.717, 1.165) is 53.3 Å². The molecule has 3 aromatic rings. The molecule has 2 aliphatic heterocycles. The second kappa shape index (κ2) is 9.20. The summed E-state index contributed by atoms with van der Waals surface area (Å²) in [7, 11) is 1.35. The monoisotopic (exact) mass is 443 g/mol. The molecule has 0 saturated carbocycles. The lowest BCUT2D eigenvalue weighted by atomic mass is 9.98. The van der Waals surface area contributed by atoms with E-state index in [4.69, 9.17) is 9.47 Å². The Balaban J connectivity index is 1.42. The fourth-order valence-electron chi connectivity index (χ4n) is 4.14. The van der Waals surface area contributed by atoms with Crippen molar-refractivity contribution < 1.29 is 14.3 Å². The quantitative estimate of drug-likeness (QED) is 0.630. The lowest BCUT2D eigenvalue weighted by molar-refractivity contribution is 0.174. The van der Waals surface area contributed by atoms with E-state index in [9.17, 15) is 4.79 Å². The second-order valence-corrected chi connectivity index (χ2v) is 7.93. The Morgan fingerprint density at radius 3 is 2.88 bits per heavy atom. The first kappa shape index (κ1) is 20.8. The molecule has 0 radical (unpaired) electrons. The van der Waals surface area contributed by atoms with E-state index in [-0.39, 0.29) is 0 Å². The number of hydrogen-bond donors (Lipinski definition) is 2. The highest BCUT2D eigenvalue weighted by Gasteiger charge is 2.18. The maximum Gasteiger partial charge on any atom is 0.412 e. The highest BCUT2D eigenvalue weighted by Crippen LogP contribution is 2.33. The summed E-state index contributed by atoms with van der Waals surface area (Å²) >= 11 is 0. The van der Waals surface area contributed by atoms with Crippen LogP contribution in [-0.2, 0) is 17.7 Å². The van der Waals surface area contributed by atoms with Crippen molar-refractivity contribution in [2.45, 2.75) is 19.4 Å². The van der Waals surface area contributed by atoms with E-state index < -0.39 is 6.09 Å². The molecule has 1 aromatic heterocycles. The SMILES string of the molecule is COC(=O)NC1=CCCc2ccc(-c3ccc4c(c3)CN(c3ccncn3)CCO4)cc2N1. The van der Waals surface area contributed by atoms with Crippen molar-refractivity contribution in [3.05, 3.63) is 78.0 Å². The number of ether oxygens (including phenoxy) is 2. The van der Waals surface area contributed by atoms with Gasteiger partial charge in [-0.2, -0.15) is 0 Å². The number of fused-ring (bicyclic) bond motifs is 2. The zero-order valence-corrected chi connectivity index (χ0v) is 18.4. The van der Waals surface area contributed by atoms with Gasteiger partial charge in [-0.3, -0.25) is 5.32 Å². The lowest BCUT2D eigenvalue weighted by Crippen LogP contribution is -2.26. The topological polar surface area (TPSA) is 88.6 Å². The summed E-state index contributed by atoms with van der Waals surface area (Å²) in [6.45, 7) is 2.06. The smallest absolute Gasteiger partial charge is 0.412 e. The molecule has 0 fully saturated rings. The van der Waals surface area contributed by atoms with E-state index in [1.54, 1.807) is 12.5 Å². The minimum absolute atomic E-state index is 0.493. The number of aromatic nitrogens is 2. The van der Waals surface area contributed by atoms with Crippen molar-refractivity contribution in [3.8, 4) is 16.9 Å². The first-order valence-electron chi connectivity index (χ1n) is 10.9.